The van der Waals surface area contributed by atoms with E-state index in [0.717, 1.165) is 14.2 Å². The van der Waals surface area contributed by atoms with E-state index in [2.05, 4.69) is 9.47 Å². The number of ether oxygens (including phenoxy) is 2. The van der Waals surface area contributed by atoms with Gasteiger partial charge in [0.05, 0.1) is 1.37 Å². The highest BCUT2D eigenvalue weighted by Gasteiger charge is 1.99. The lowest BCUT2D eigenvalue weighted by atomic mass is 10.3. The SMILES string of the molecule is [2H]C([2H])C([2H])([2H])C([2H])([2H])C([2H])(OC)OC. The van der Waals surface area contributed by atoms with Crippen molar-refractivity contribution >= 4 is 0 Å². The van der Waals surface area contributed by atoms with Gasteiger partial charge in [0.25, 0.3) is 0 Å². The zero-order valence-corrected chi connectivity index (χ0v) is 4.89. The first-order valence-corrected chi connectivity index (χ1v) is 2.01. The van der Waals surface area contributed by atoms with Gasteiger partial charge >= 0.3 is 0 Å². The Morgan fingerprint density at radius 1 is 1.75 bits per heavy atom. The van der Waals surface area contributed by atoms with Crippen molar-refractivity contribution in [1.29, 1.82) is 0 Å². The second kappa shape index (κ2) is 5.06. The second-order valence-electron chi connectivity index (χ2n) is 0.965. The molecule has 0 aliphatic rings. The molecular weight excluding hydrogens is 104 g/mol. The number of methoxy groups -OCH3 is 2. The molecule has 0 aromatic rings. The summed E-state index contributed by atoms with van der Waals surface area (Å²) in [5.74, 6) is 0. The van der Waals surface area contributed by atoms with E-state index in [1.165, 1.54) is 0 Å². The van der Waals surface area contributed by atoms with E-state index in [-0.39, 0.29) is 0 Å². The molecule has 0 amide bonds. The predicted octanol–water partition coefficient (Wildman–Crippen LogP) is 1.41. The topological polar surface area (TPSA) is 18.5 Å². The smallest absolute Gasteiger partial charge is 0.156 e. The fraction of sp³-hybridized carbons (Fsp3) is 1.00. The van der Waals surface area contributed by atoms with Gasteiger partial charge in [-0.25, -0.2) is 0 Å². The fourth-order valence-electron chi connectivity index (χ4n) is 0.244. The summed E-state index contributed by atoms with van der Waals surface area (Å²) in [6.07, 6.45) is -8.42. The molecule has 0 heterocycles. The van der Waals surface area contributed by atoms with Crippen LogP contribution in [0.5, 0.6) is 0 Å². The van der Waals surface area contributed by atoms with Gasteiger partial charge in [0.2, 0.25) is 0 Å². The molecule has 0 N–H and O–H groups in total. The molecule has 0 aliphatic carbocycles. The summed E-state index contributed by atoms with van der Waals surface area (Å²) in [5, 5.41) is 0. The molecule has 0 aromatic carbocycles. The maximum atomic E-state index is 7.44. The Balaban J connectivity index is 5.28. The van der Waals surface area contributed by atoms with Gasteiger partial charge in [0, 0.05) is 22.4 Å². The molecule has 2 heteroatoms. The van der Waals surface area contributed by atoms with Crippen LogP contribution < -0.4 is 0 Å². The van der Waals surface area contributed by atoms with E-state index in [4.69, 9.17) is 9.60 Å². The van der Waals surface area contributed by atoms with Crippen LogP contribution in [0.4, 0.5) is 0 Å². The highest BCUT2D eigenvalue weighted by atomic mass is 16.7. The van der Waals surface area contributed by atoms with Gasteiger partial charge in [-0.1, -0.05) is 13.2 Å². The van der Waals surface area contributed by atoms with Crippen LogP contribution in [0.25, 0.3) is 0 Å². The van der Waals surface area contributed by atoms with Crippen LogP contribution in [0.2, 0.25) is 0 Å². The first-order valence-electron chi connectivity index (χ1n) is 5.67. The Morgan fingerprint density at radius 3 is 2.75 bits per heavy atom. The van der Waals surface area contributed by atoms with Crippen LogP contribution >= 0.6 is 0 Å². The van der Waals surface area contributed by atoms with Crippen LogP contribution in [0.3, 0.4) is 0 Å². The lowest BCUT2D eigenvalue weighted by Crippen LogP contribution is -2.11. The molecule has 0 bridgehead atoms. The van der Waals surface area contributed by atoms with Crippen molar-refractivity contribution in [1.82, 2.24) is 0 Å². The Morgan fingerprint density at radius 2 is 2.38 bits per heavy atom. The van der Waals surface area contributed by atoms with Crippen molar-refractivity contribution in [3.05, 3.63) is 0 Å². The summed E-state index contributed by atoms with van der Waals surface area (Å²) >= 11 is 0. The normalized spacial score (nSPS) is 28.6. The maximum absolute atomic E-state index is 7.44. The third-order valence-electron chi connectivity index (χ3n) is 0.545. The molecule has 0 saturated heterocycles. The van der Waals surface area contributed by atoms with E-state index in [9.17, 15) is 0 Å². The van der Waals surface area contributed by atoms with Gasteiger partial charge in [0.1, 0.15) is 0 Å². The molecule has 0 aromatic heterocycles. The summed E-state index contributed by atoms with van der Waals surface area (Å²) < 4.78 is 59.6. The Hall–Kier alpha value is -0.0800. The van der Waals surface area contributed by atoms with Crippen molar-refractivity contribution in [2.24, 2.45) is 0 Å². The van der Waals surface area contributed by atoms with Gasteiger partial charge in [-0.2, -0.15) is 0 Å². The lowest BCUT2D eigenvalue weighted by Gasteiger charge is -2.10. The number of hydrogen-bond acceptors (Lipinski definition) is 2. The molecule has 0 radical (unpaired) electrons. The van der Waals surface area contributed by atoms with Crippen molar-refractivity contribution < 1.29 is 19.1 Å². The molecule has 8 heavy (non-hydrogen) atoms. The molecule has 0 fully saturated rings. The second-order valence-corrected chi connectivity index (χ2v) is 0.965. The van der Waals surface area contributed by atoms with Crippen molar-refractivity contribution in [3.63, 3.8) is 0 Å². The average molecular weight is 125 g/mol. The molecule has 50 valence electrons. The van der Waals surface area contributed by atoms with E-state index in [1.54, 1.807) is 0 Å². The van der Waals surface area contributed by atoms with Gasteiger partial charge in [-0.3, -0.25) is 0 Å². The van der Waals surface area contributed by atoms with Crippen LogP contribution in [0, 0.1) is 0 Å². The first-order chi connectivity index (χ1) is 6.56. The summed E-state index contributed by atoms with van der Waals surface area (Å²) in [4.78, 5) is 0. The third kappa shape index (κ3) is 2.99. The number of hydrogen-bond donors (Lipinski definition) is 0. The van der Waals surface area contributed by atoms with Gasteiger partial charge < -0.3 is 9.47 Å². The zero-order chi connectivity index (χ0) is 12.5. The Labute approximate surface area is 60.6 Å². The average Bonchev–Trinajstić information content (AvgIpc) is 2.15. The molecule has 2 nitrogen and oxygen atoms in total. The minimum absolute atomic E-state index is 0.993. The quantitative estimate of drug-likeness (QED) is 0.529. The monoisotopic (exact) mass is 125 g/mol. The minimum Gasteiger partial charge on any atom is -0.356 e. The molecule has 0 aliphatic heterocycles. The Bertz CT molecular complexity index is 207. The lowest BCUT2D eigenvalue weighted by molar-refractivity contribution is -0.106. The highest BCUT2D eigenvalue weighted by molar-refractivity contribution is 4.38. The first kappa shape index (κ1) is 1.96. The van der Waals surface area contributed by atoms with Crippen molar-refractivity contribution in [2.75, 3.05) is 14.2 Å². The predicted molar refractivity (Wildman–Crippen MR) is 32.7 cm³/mol. The van der Waals surface area contributed by atoms with E-state index < -0.39 is 25.9 Å². The van der Waals surface area contributed by atoms with Crippen molar-refractivity contribution in [3.8, 4) is 0 Å². The largest absolute Gasteiger partial charge is 0.356 e. The third-order valence-corrected chi connectivity index (χ3v) is 0.545. The summed E-state index contributed by atoms with van der Waals surface area (Å²) in [6, 6.07) is 0. The van der Waals surface area contributed by atoms with E-state index in [0.29, 0.717) is 0 Å². The summed E-state index contributed by atoms with van der Waals surface area (Å²) in [5.41, 5.74) is 0. The van der Waals surface area contributed by atoms with Crippen molar-refractivity contribution in [2.45, 2.75) is 25.9 Å². The molecule has 0 rings (SSSR count). The molecular formula is C6H14O2. The molecule has 0 saturated carbocycles. The molecule has 0 spiro atoms. The minimum atomic E-state index is -2.95. The van der Waals surface area contributed by atoms with Crippen LogP contribution in [0.15, 0.2) is 0 Å². The highest BCUT2D eigenvalue weighted by Crippen LogP contribution is 1.99. The van der Waals surface area contributed by atoms with Gasteiger partial charge in [0.15, 0.2) is 6.27 Å². The maximum Gasteiger partial charge on any atom is 0.156 e. The van der Waals surface area contributed by atoms with E-state index >= 15 is 0 Å². The van der Waals surface area contributed by atoms with Crippen LogP contribution in [0.1, 0.15) is 29.2 Å². The zero-order valence-electron chi connectivity index (χ0n) is 11.9. The van der Waals surface area contributed by atoms with Crippen LogP contribution in [-0.4, -0.2) is 20.5 Å². The summed E-state index contributed by atoms with van der Waals surface area (Å²) in [6.45, 7) is -2.09. The Kier molecular flexibility index (Phi) is 1.24. The molecule has 0 atom stereocenters. The fourth-order valence-corrected chi connectivity index (χ4v) is 0.244. The summed E-state index contributed by atoms with van der Waals surface area (Å²) in [7, 11) is 1.99. The van der Waals surface area contributed by atoms with E-state index in [1.807, 2.05) is 0 Å². The van der Waals surface area contributed by atoms with Gasteiger partial charge in [-0.15, -0.1) is 0 Å². The standard InChI is InChI=1S/C6H14O2/c1-4-5-6(7-2)8-3/h6H,4-5H2,1-3H3/i1D2,4D2,5D2,6D. The van der Waals surface area contributed by atoms with Gasteiger partial charge in [-0.05, 0) is 6.37 Å². The number of rotatable bonds is 4. The molecule has 0 unspecified atom stereocenters. The van der Waals surface area contributed by atoms with Crippen LogP contribution in [-0.2, 0) is 9.47 Å².